The van der Waals surface area contributed by atoms with E-state index in [9.17, 15) is 9.59 Å². The lowest BCUT2D eigenvalue weighted by Gasteiger charge is -2.25. The fraction of sp³-hybridized carbons (Fsp3) is 0.357. The van der Waals surface area contributed by atoms with Crippen LogP contribution >= 0.6 is 11.3 Å². The fourth-order valence-corrected chi connectivity index (χ4v) is 2.60. The maximum Gasteiger partial charge on any atom is 0.319 e. The first-order valence-corrected chi connectivity index (χ1v) is 7.38. The van der Waals surface area contributed by atoms with E-state index in [1.54, 1.807) is 25.4 Å². The maximum atomic E-state index is 12.0. The van der Waals surface area contributed by atoms with Gasteiger partial charge in [0.25, 0.3) is 0 Å². The first-order chi connectivity index (χ1) is 9.85. The summed E-state index contributed by atoms with van der Waals surface area (Å²) in [6.45, 7) is 3.59. The second kappa shape index (κ2) is 6.09. The number of hydrogen-bond donors (Lipinski definition) is 3. The van der Waals surface area contributed by atoms with Crippen molar-refractivity contribution in [2.45, 2.75) is 32.2 Å². The zero-order valence-corrected chi connectivity index (χ0v) is 12.7. The number of hydrogen-bond acceptors (Lipinski definition) is 4. The highest BCUT2D eigenvalue weighted by molar-refractivity contribution is 7.16. The van der Waals surface area contributed by atoms with E-state index < -0.39 is 11.5 Å². The normalized spacial score (nSPS) is 11.3. The molecule has 0 unspecified atom stereocenters. The molecule has 21 heavy (non-hydrogen) atoms. The number of nitrogens with one attached hydrogen (secondary N) is 2. The number of carboxylic acids is 1. The molecule has 0 aliphatic rings. The summed E-state index contributed by atoms with van der Waals surface area (Å²) in [7, 11) is 0. The highest BCUT2D eigenvalue weighted by atomic mass is 32.1. The van der Waals surface area contributed by atoms with Crippen molar-refractivity contribution < 1.29 is 14.7 Å². The summed E-state index contributed by atoms with van der Waals surface area (Å²) in [6.07, 6.45) is 0.379. The fourth-order valence-electron chi connectivity index (χ4n) is 1.88. The van der Waals surface area contributed by atoms with Gasteiger partial charge in [0.05, 0.1) is 15.7 Å². The standard InChI is InChI=1S/C14H17N3O3S/c1-14(2,6-5-12(18)19)17-13(20)16-9-3-4-10-11(7-9)21-8-15-10/h3-4,7-8H,5-6H2,1-2H3,(H,18,19)(H2,16,17,20). The van der Waals surface area contributed by atoms with Gasteiger partial charge in [0.2, 0.25) is 0 Å². The topological polar surface area (TPSA) is 91.3 Å². The zero-order valence-electron chi connectivity index (χ0n) is 11.8. The molecule has 0 bridgehead atoms. The molecule has 0 radical (unpaired) electrons. The molecule has 0 saturated carbocycles. The Morgan fingerprint density at radius 3 is 2.86 bits per heavy atom. The lowest BCUT2D eigenvalue weighted by Crippen LogP contribution is -2.45. The molecular weight excluding hydrogens is 290 g/mol. The Bertz CT molecular complexity index is 666. The Hall–Kier alpha value is -2.15. The number of anilines is 1. The lowest BCUT2D eigenvalue weighted by molar-refractivity contribution is -0.137. The van der Waals surface area contributed by atoms with E-state index in [0.717, 1.165) is 10.2 Å². The van der Waals surface area contributed by atoms with Crippen molar-refractivity contribution in [2.75, 3.05) is 5.32 Å². The largest absolute Gasteiger partial charge is 0.481 e. The summed E-state index contributed by atoms with van der Waals surface area (Å²) in [4.78, 5) is 26.7. The molecule has 0 fully saturated rings. The quantitative estimate of drug-likeness (QED) is 0.791. The number of aliphatic carboxylic acids is 1. The lowest BCUT2D eigenvalue weighted by atomic mass is 9.99. The SMILES string of the molecule is CC(C)(CCC(=O)O)NC(=O)Nc1ccc2ncsc2c1. The molecule has 1 aromatic heterocycles. The summed E-state index contributed by atoms with van der Waals surface area (Å²) >= 11 is 1.50. The number of rotatable bonds is 5. The van der Waals surface area contributed by atoms with Crippen LogP contribution in [0.15, 0.2) is 23.7 Å². The average molecular weight is 307 g/mol. The third-order valence-electron chi connectivity index (χ3n) is 3.00. The monoisotopic (exact) mass is 307 g/mol. The van der Waals surface area contributed by atoms with Gasteiger partial charge in [-0.25, -0.2) is 9.78 Å². The number of carbonyl (C=O) groups excluding carboxylic acids is 1. The Morgan fingerprint density at radius 2 is 2.14 bits per heavy atom. The molecule has 0 atom stereocenters. The molecule has 6 nitrogen and oxygen atoms in total. The molecule has 112 valence electrons. The predicted octanol–water partition coefficient (Wildman–Crippen LogP) is 3.06. The van der Waals surface area contributed by atoms with Gasteiger partial charge in [-0.1, -0.05) is 0 Å². The van der Waals surface area contributed by atoms with Crippen molar-refractivity contribution in [2.24, 2.45) is 0 Å². The van der Waals surface area contributed by atoms with Gasteiger partial charge in [0, 0.05) is 17.6 Å². The number of aromatic nitrogens is 1. The molecule has 3 N–H and O–H groups in total. The van der Waals surface area contributed by atoms with Crippen LogP contribution in [0.5, 0.6) is 0 Å². The minimum absolute atomic E-state index is 0.0140. The van der Waals surface area contributed by atoms with Crippen LogP contribution in [0, 0.1) is 0 Å². The highest BCUT2D eigenvalue weighted by Gasteiger charge is 2.21. The number of carboxylic acid groups (broad SMARTS) is 1. The van der Waals surface area contributed by atoms with Crippen molar-refractivity contribution >= 4 is 39.2 Å². The molecule has 1 heterocycles. The molecule has 0 aliphatic carbocycles. The Morgan fingerprint density at radius 1 is 1.38 bits per heavy atom. The van der Waals surface area contributed by atoms with Crippen molar-refractivity contribution in [3.63, 3.8) is 0 Å². The van der Waals surface area contributed by atoms with Gasteiger partial charge in [-0.3, -0.25) is 4.79 Å². The van der Waals surface area contributed by atoms with Crippen molar-refractivity contribution in [1.82, 2.24) is 10.3 Å². The summed E-state index contributed by atoms with van der Waals surface area (Å²) in [5.41, 5.74) is 2.74. The van der Waals surface area contributed by atoms with Crippen LogP contribution in [0.25, 0.3) is 10.2 Å². The Kier molecular flexibility index (Phi) is 4.42. The van der Waals surface area contributed by atoms with Crippen LogP contribution in [-0.4, -0.2) is 27.6 Å². The zero-order chi connectivity index (χ0) is 15.5. The van der Waals surface area contributed by atoms with Crippen LogP contribution < -0.4 is 10.6 Å². The van der Waals surface area contributed by atoms with E-state index in [2.05, 4.69) is 15.6 Å². The van der Waals surface area contributed by atoms with Crippen LogP contribution in [0.3, 0.4) is 0 Å². The van der Waals surface area contributed by atoms with Crippen molar-refractivity contribution in [3.8, 4) is 0 Å². The second-order valence-corrected chi connectivity index (χ2v) is 6.28. The minimum atomic E-state index is -0.874. The smallest absolute Gasteiger partial charge is 0.319 e. The molecule has 0 aliphatic heterocycles. The van der Waals surface area contributed by atoms with Gasteiger partial charge >= 0.3 is 12.0 Å². The summed E-state index contributed by atoms with van der Waals surface area (Å²) in [5, 5.41) is 14.2. The van der Waals surface area contributed by atoms with Gasteiger partial charge in [-0.15, -0.1) is 11.3 Å². The summed E-state index contributed by atoms with van der Waals surface area (Å²) in [6, 6.07) is 5.13. The number of carbonyl (C=O) groups is 2. The van der Waals surface area contributed by atoms with Crippen LogP contribution in [0.2, 0.25) is 0 Å². The number of benzene rings is 1. The minimum Gasteiger partial charge on any atom is -0.481 e. The summed E-state index contributed by atoms with van der Waals surface area (Å²) in [5.74, 6) is -0.874. The third kappa shape index (κ3) is 4.42. The number of thiazole rings is 1. The van der Waals surface area contributed by atoms with E-state index >= 15 is 0 Å². The van der Waals surface area contributed by atoms with Gasteiger partial charge in [-0.05, 0) is 38.5 Å². The first-order valence-electron chi connectivity index (χ1n) is 6.50. The molecule has 2 aromatic rings. The van der Waals surface area contributed by atoms with E-state index in [4.69, 9.17) is 5.11 Å². The van der Waals surface area contributed by atoms with Gasteiger partial charge in [0.1, 0.15) is 0 Å². The number of urea groups is 1. The Labute approximate surface area is 126 Å². The van der Waals surface area contributed by atoms with E-state index in [-0.39, 0.29) is 12.5 Å². The number of nitrogens with zero attached hydrogens (tertiary/aromatic N) is 1. The number of amides is 2. The van der Waals surface area contributed by atoms with Gasteiger partial charge in [-0.2, -0.15) is 0 Å². The predicted molar refractivity (Wildman–Crippen MR) is 82.7 cm³/mol. The molecule has 2 rings (SSSR count). The molecule has 1 aromatic carbocycles. The second-order valence-electron chi connectivity index (χ2n) is 5.39. The van der Waals surface area contributed by atoms with E-state index in [1.165, 1.54) is 11.3 Å². The molecule has 0 spiro atoms. The molecular formula is C14H17N3O3S. The third-order valence-corrected chi connectivity index (χ3v) is 3.80. The van der Waals surface area contributed by atoms with E-state index in [1.807, 2.05) is 12.1 Å². The van der Waals surface area contributed by atoms with Crippen molar-refractivity contribution in [3.05, 3.63) is 23.7 Å². The van der Waals surface area contributed by atoms with Crippen LogP contribution in [0.1, 0.15) is 26.7 Å². The van der Waals surface area contributed by atoms with Crippen LogP contribution in [-0.2, 0) is 4.79 Å². The van der Waals surface area contributed by atoms with E-state index in [0.29, 0.717) is 12.1 Å². The van der Waals surface area contributed by atoms with Crippen molar-refractivity contribution in [1.29, 1.82) is 0 Å². The maximum absolute atomic E-state index is 12.0. The van der Waals surface area contributed by atoms with Crippen LogP contribution in [0.4, 0.5) is 10.5 Å². The first kappa shape index (κ1) is 15.2. The highest BCUT2D eigenvalue weighted by Crippen LogP contribution is 2.22. The Balaban J connectivity index is 1.95. The number of fused-ring (bicyclic) bond motifs is 1. The molecule has 2 amide bonds. The molecule has 7 heteroatoms. The molecule has 0 saturated heterocycles. The summed E-state index contributed by atoms with van der Waals surface area (Å²) < 4.78 is 0.998. The van der Waals surface area contributed by atoms with Gasteiger partial charge in [0.15, 0.2) is 0 Å². The van der Waals surface area contributed by atoms with Gasteiger partial charge < -0.3 is 15.7 Å². The average Bonchev–Trinajstić information content (AvgIpc) is 2.83.